The molecule has 0 saturated heterocycles. The van der Waals surface area contributed by atoms with Crippen molar-refractivity contribution < 1.29 is 0 Å². The van der Waals surface area contributed by atoms with E-state index in [0.717, 1.165) is 12.1 Å². The average molecular weight is 229 g/mol. The molecule has 0 saturated carbocycles. The van der Waals surface area contributed by atoms with E-state index >= 15 is 0 Å². The van der Waals surface area contributed by atoms with Gasteiger partial charge in [0.2, 0.25) is 0 Å². The maximum atomic E-state index is 6.16. The van der Waals surface area contributed by atoms with Crippen LogP contribution in [0.4, 0.5) is 0 Å². The quantitative estimate of drug-likeness (QED) is 0.708. The van der Waals surface area contributed by atoms with E-state index in [4.69, 9.17) is 11.6 Å². The lowest BCUT2D eigenvalue weighted by Gasteiger charge is -2.13. The van der Waals surface area contributed by atoms with Gasteiger partial charge in [-0.05, 0) is 34.1 Å². The highest BCUT2D eigenvalue weighted by atomic mass is 35.5. The lowest BCUT2D eigenvalue weighted by atomic mass is 10.1. The van der Waals surface area contributed by atoms with E-state index in [1.807, 2.05) is 13.8 Å². The summed E-state index contributed by atoms with van der Waals surface area (Å²) >= 11 is 6.16. The van der Waals surface area contributed by atoms with Gasteiger partial charge in [0, 0.05) is 17.3 Å². The molecule has 1 aromatic rings. The van der Waals surface area contributed by atoms with Crippen LogP contribution in [0.15, 0.2) is 0 Å². The Morgan fingerprint density at radius 1 is 1.33 bits per heavy atom. The maximum Gasteiger partial charge on any atom is 0.0643 e. The van der Waals surface area contributed by atoms with E-state index in [1.165, 1.54) is 17.7 Å². The molecule has 0 aliphatic carbocycles. The second-order valence-electron chi connectivity index (χ2n) is 4.28. The average Bonchev–Trinajstić information content (AvgIpc) is 2.42. The molecule has 0 aliphatic heterocycles. The summed E-state index contributed by atoms with van der Waals surface area (Å²) in [5, 5.41) is 4.63. The van der Waals surface area contributed by atoms with Gasteiger partial charge in [0.05, 0.1) is 11.1 Å². The Morgan fingerprint density at radius 3 is 2.33 bits per heavy atom. The van der Waals surface area contributed by atoms with Gasteiger partial charge >= 0.3 is 0 Å². The number of nitrogens with zero attached hydrogens (tertiary/aromatic N) is 2. The fourth-order valence-corrected chi connectivity index (χ4v) is 2.54. The largest absolute Gasteiger partial charge is 0.267 e. The summed E-state index contributed by atoms with van der Waals surface area (Å²) in [6.07, 6.45) is 2.35. The highest BCUT2D eigenvalue weighted by molar-refractivity contribution is 6.20. The van der Waals surface area contributed by atoms with Crippen molar-refractivity contribution in [2.45, 2.75) is 58.9 Å². The van der Waals surface area contributed by atoms with Crippen molar-refractivity contribution in [3.05, 3.63) is 17.0 Å². The highest BCUT2D eigenvalue weighted by Gasteiger charge is 2.17. The van der Waals surface area contributed by atoms with E-state index in [-0.39, 0.29) is 5.38 Å². The zero-order valence-corrected chi connectivity index (χ0v) is 11.1. The van der Waals surface area contributed by atoms with Gasteiger partial charge in [-0.15, -0.1) is 11.6 Å². The molecule has 2 nitrogen and oxygen atoms in total. The number of aromatic nitrogens is 2. The fourth-order valence-electron chi connectivity index (χ4n) is 2.22. The van der Waals surface area contributed by atoms with Crippen molar-refractivity contribution in [3.8, 4) is 0 Å². The molecule has 15 heavy (non-hydrogen) atoms. The maximum absolute atomic E-state index is 6.16. The van der Waals surface area contributed by atoms with Gasteiger partial charge in [0.25, 0.3) is 0 Å². The molecule has 1 rings (SSSR count). The normalized spacial score (nSPS) is 15.3. The Balaban J connectivity index is 3.06. The van der Waals surface area contributed by atoms with E-state index in [1.54, 1.807) is 0 Å². The molecular weight excluding hydrogens is 208 g/mol. The minimum absolute atomic E-state index is 0.0487. The monoisotopic (exact) mass is 228 g/mol. The highest BCUT2D eigenvalue weighted by Crippen LogP contribution is 2.28. The van der Waals surface area contributed by atoms with Gasteiger partial charge in [-0.25, -0.2) is 0 Å². The Kier molecular flexibility index (Phi) is 4.21. The van der Waals surface area contributed by atoms with Crippen LogP contribution in [0.25, 0.3) is 0 Å². The third-order valence-electron chi connectivity index (χ3n) is 2.90. The number of halogens is 1. The number of rotatable bonds is 4. The Morgan fingerprint density at radius 2 is 1.93 bits per heavy atom. The van der Waals surface area contributed by atoms with E-state index < -0.39 is 0 Å². The van der Waals surface area contributed by atoms with Crippen molar-refractivity contribution in [1.82, 2.24) is 9.78 Å². The number of hydrogen-bond donors (Lipinski definition) is 0. The van der Waals surface area contributed by atoms with Gasteiger partial charge in [0.1, 0.15) is 0 Å². The molecule has 1 aromatic heterocycles. The molecule has 1 heterocycles. The summed E-state index contributed by atoms with van der Waals surface area (Å²) in [4.78, 5) is 0. The number of alkyl halides is 1. The molecule has 0 bridgehead atoms. The second kappa shape index (κ2) is 5.02. The smallest absolute Gasteiger partial charge is 0.0643 e. The van der Waals surface area contributed by atoms with Crippen LogP contribution in [0.5, 0.6) is 0 Å². The van der Waals surface area contributed by atoms with Crippen LogP contribution >= 0.6 is 11.6 Å². The summed E-state index contributed by atoms with van der Waals surface area (Å²) in [5.41, 5.74) is 3.48. The summed E-state index contributed by atoms with van der Waals surface area (Å²) in [6.45, 7) is 10.6. The molecule has 0 fully saturated rings. The number of aryl methyl sites for hydroxylation is 1. The van der Waals surface area contributed by atoms with E-state index in [9.17, 15) is 0 Å². The summed E-state index contributed by atoms with van der Waals surface area (Å²) in [7, 11) is 0. The molecule has 0 spiro atoms. The minimum Gasteiger partial charge on any atom is -0.267 e. The summed E-state index contributed by atoms with van der Waals surface area (Å²) in [6, 6.07) is 0.470. The molecule has 86 valence electrons. The molecule has 2 unspecified atom stereocenters. The molecular formula is C12H21ClN2. The van der Waals surface area contributed by atoms with Crippen LogP contribution in [0.1, 0.15) is 62.0 Å². The zero-order valence-electron chi connectivity index (χ0n) is 10.3. The van der Waals surface area contributed by atoms with Gasteiger partial charge in [-0.3, -0.25) is 4.68 Å². The van der Waals surface area contributed by atoms with Gasteiger partial charge in [0.15, 0.2) is 0 Å². The van der Waals surface area contributed by atoms with Gasteiger partial charge in [-0.2, -0.15) is 5.10 Å². The predicted molar refractivity (Wildman–Crippen MR) is 65.6 cm³/mol. The summed E-state index contributed by atoms with van der Waals surface area (Å²) in [5.74, 6) is 0. The Hall–Kier alpha value is -0.500. The molecule has 2 atom stereocenters. The first kappa shape index (κ1) is 12.6. The molecule has 0 radical (unpaired) electrons. The summed E-state index contributed by atoms with van der Waals surface area (Å²) < 4.78 is 2.12. The van der Waals surface area contributed by atoms with E-state index in [0.29, 0.717) is 6.04 Å². The second-order valence-corrected chi connectivity index (χ2v) is 4.94. The lowest BCUT2D eigenvalue weighted by Crippen LogP contribution is -2.08. The molecule has 0 aromatic carbocycles. The Bertz CT molecular complexity index is 329. The van der Waals surface area contributed by atoms with Gasteiger partial charge < -0.3 is 0 Å². The molecule has 3 heteroatoms. The lowest BCUT2D eigenvalue weighted by molar-refractivity contribution is 0.443. The predicted octanol–water partition coefficient (Wildman–Crippen LogP) is 4.16. The van der Waals surface area contributed by atoms with Crippen molar-refractivity contribution >= 4 is 11.6 Å². The van der Waals surface area contributed by atoms with Crippen molar-refractivity contribution in [3.63, 3.8) is 0 Å². The van der Waals surface area contributed by atoms with Crippen molar-refractivity contribution in [1.29, 1.82) is 0 Å². The topological polar surface area (TPSA) is 17.8 Å². The molecule has 0 N–H and O–H groups in total. The molecule has 0 amide bonds. The van der Waals surface area contributed by atoms with E-state index in [2.05, 4.69) is 30.6 Å². The van der Waals surface area contributed by atoms with Crippen molar-refractivity contribution in [2.75, 3.05) is 0 Å². The Labute approximate surface area is 97.6 Å². The first-order valence-corrected chi connectivity index (χ1v) is 6.12. The first-order chi connectivity index (χ1) is 6.99. The van der Waals surface area contributed by atoms with Gasteiger partial charge in [-0.1, -0.05) is 13.3 Å². The third kappa shape index (κ3) is 2.54. The van der Waals surface area contributed by atoms with Crippen LogP contribution in [0.3, 0.4) is 0 Å². The third-order valence-corrected chi connectivity index (χ3v) is 3.12. The van der Waals surface area contributed by atoms with Crippen LogP contribution in [0.2, 0.25) is 0 Å². The first-order valence-electron chi connectivity index (χ1n) is 5.68. The zero-order chi connectivity index (χ0) is 11.6. The van der Waals surface area contributed by atoms with Crippen LogP contribution in [-0.4, -0.2) is 9.78 Å². The van der Waals surface area contributed by atoms with Crippen LogP contribution < -0.4 is 0 Å². The van der Waals surface area contributed by atoms with Crippen LogP contribution in [-0.2, 0) is 0 Å². The number of hydrogen-bond acceptors (Lipinski definition) is 1. The van der Waals surface area contributed by atoms with Crippen molar-refractivity contribution in [2.24, 2.45) is 0 Å². The fraction of sp³-hybridized carbons (Fsp3) is 0.750. The minimum atomic E-state index is 0.0487. The van der Waals surface area contributed by atoms with Crippen LogP contribution in [0, 0.1) is 13.8 Å². The molecule has 0 aliphatic rings. The SMILES string of the molecule is CCCC(C)n1nc(C)c(C(C)Cl)c1C. The standard InChI is InChI=1S/C12H21ClN2/c1-6-7-8(2)15-11(5)12(9(3)13)10(4)14-15/h8-9H,6-7H2,1-5H3.